The van der Waals surface area contributed by atoms with E-state index < -0.39 is 0 Å². The monoisotopic (exact) mass is 245 g/mol. The Hall–Kier alpha value is -0.513. The molecule has 0 aromatic rings. The first kappa shape index (κ1) is 15.5. The smallest absolute Gasteiger partial charge is 0.401 e. The molecule has 0 aliphatic rings. The van der Waals surface area contributed by atoms with Crippen LogP contribution in [0.5, 0.6) is 0 Å². The van der Waals surface area contributed by atoms with Crippen molar-refractivity contribution in [2.24, 2.45) is 11.8 Å². The summed E-state index contributed by atoms with van der Waals surface area (Å²) in [7, 11) is 0.701. The van der Waals surface area contributed by atoms with E-state index in [0.29, 0.717) is 22.2 Å². The minimum atomic E-state index is -0.380. The van der Waals surface area contributed by atoms with Crippen LogP contribution in [0.15, 0.2) is 0 Å². The zero-order valence-electron chi connectivity index (χ0n) is 12.0. The van der Waals surface area contributed by atoms with Crippen molar-refractivity contribution < 1.29 is 9.53 Å². The summed E-state index contributed by atoms with van der Waals surface area (Å²) in [6.07, 6.45) is -0.174. The Balaban J connectivity index is 4.73. The van der Waals surface area contributed by atoms with Crippen LogP contribution in [0.25, 0.3) is 0 Å². The lowest BCUT2D eigenvalue weighted by Crippen LogP contribution is -2.47. The van der Waals surface area contributed by atoms with Gasteiger partial charge in [-0.05, 0) is 32.6 Å². The molecular weight excluding hydrogens is 218 g/mol. The number of rotatable bonds is 4. The summed E-state index contributed by atoms with van der Waals surface area (Å²) in [5.41, 5.74) is -0.380. The SMILES string of the molecule is CC(C)N([SiH3])C(=O)OC(C)(C(C)C)C(C)C. The van der Waals surface area contributed by atoms with Gasteiger partial charge in [0.05, 0.1) is 0 Å². The summed E-state index contributed by atoms with van der Waals surface area (Å²) in [6.45, 7) is 14.4. The normalized spacial score (nSPS) is 12.6. The van der Waals surface area contributed by atoms with Crippen LogP contribution >= 0.6 is 0 Å². The molecule has 0 rings (SSSR count). The zero-order chi connectivity index (χ0) is 13.1. The van der Waals surface area contributed by atoms with E-state index >= 15 is 0 Å². The summed E-state index contributed by atoms with van der Waals surface area (Å²) in [6, 6.07) is 0.225. The Morgan fingerprint density at radius 2 is 1.50 bits per heavy atom. The number of hydrogen-bond donors (Lipinski definition) is 0. The lowest BCUT2D eigenvalue weighted by molar-refractivity contribution is -0.0530. The molecule has 0 radical (unpaired) electrons. The summed E-state index contributed by atoms with van der Waals surface area (Å²) < 4.78 is 7.47. The van der Waals surface area contributed by atoms with E-state index in [1.54, 1.807) is 4.57 Å². The van der Waals surface area contributed by atoms with Gasteiger partial charge in [-0.25, -0.2) is 4.79 Å². The van der Waals surface area contributed by atoms with Crippen LogP contribution in [0.1, 0.15) is 48.5 Å². The second-order valence-corrected chi connectivity index (χ2v) is 6.53. The van der Waals surface area contributed by atoms with Crippen LogP contribution < -0.4 is 0 Å². The van der Waals surface area contributed by atoms with Gasteiger partial charge in [0.25, 0.3) is 0 Å². The molecule has 0 saturated heterocycles. The Labute approximate surface area is 103 Å². The van der Waals surface area contributed by atoms with Crippen molar-refractivity contribution in [2.45, 2.75) is 60.1 Å². The van der Waals surface area contributed by atoms with Gasteiger partial charge >= 0.3 is 6.09 Å². The maximum atomic E-state index is 11.9. The first-order valence-electron chi connectivity index (χ1n) is 6.08. The molecule has 0 aliphatic carbocycles. The fraction of sp³-hybridized carbons (Fsp3) is 0.917. The number of carbonyl (C=O) groups is 1. The Morgan fingerprint density at radius 1 is 1.12 bits per heavy atom. The van der Waals surface area contributed by atoms with E-state index in [1.165, 1.54) is 0 Å². The third-order valence-electron chi connectivity index (χ3n) is 3.66. The van der Waals surface area contributed by atoms with Crippen molar-refractivity contribution in [2.75, 3.05) is 0 Å². The molecule has 1 amide bonds. The van der Waals surface area contributed by atoms with Gasteiger partial charge in [0.1, 0.15) is 16.0 Å². The Kier molecular flexibility index (Phi) is 5.52. The third-order valence-corrected chi connectivity index (χ3v) is 5.06. The van der Waals surface area contributed by atoms with Gasteiger partial charge in [-0.3, -0.25) is 0 Å². The van der Waals surface area contributed by atoms with Crippen LogP contribution in [0, 0.1) is 11.8 Å². The maximum absolute atomic E-state index is 11.9. The molecule has 0 bridgehead atoms. The molecule has 16 heavy (non-hydrogen) atoms. The van der Waals surface area contributed by atoms with Crippen LogP contribution in [-0.4, -0.2) is 32.7 Å². The second kappa shape index (κ2) is 5.71. The van der Waals surface area contributed by atoms with E-state index in [-0.39, 0.29) is 17.7 Å². The minimum Gasteiger partial charge on any atom is -0.443 e. The van der Waals surface area contributed by atoms with E-state index in [1.807, 2.05) is 20.8 Å². The van der Waals surface area contributed by atoms with Crippen molar-refractivity contribution in [3.05, 3.63) is 0 Å². The Bertz CT molecular complexity index is 231. The van der Waals surface area contributed by atoms with Crippen molar-refractivity contribution in [3.8, 4) is 0 Å². The molecule has 96 valence electrons. The molecule has 0 unspecified atom stereocenters. The lowest BCUT2D eigenvalue weighted by atomic mass is 9.82. The molecule has 0 heterocycles. The van der Waals surface area contributed by atoms with Crippen molar-refractivity contribution in [1.29, 1.82) is 0 Å². The molecule has 0 spiro atoms. The molecule has 0 saturated carbocycles. The molecular formula is C12H27NO2Si. The highest BCUT2D eigenvalue weighted by atomic mass is 28.2. The summed E-state index contributed by atoms with van der Waals surface area (Å²) >= 11 is 0. The van der Waals surface area contributed by atoms with Gasteiger partial charge in [0, 0.05) is 6.04 Å². The lowest BCUT2D eigenvalue weighted by Gasteiger charge is -2.39. The maximum Gasteiger partial charge on any atom is 0.401 e. The van der Waals surface area contributed by atoms with E-state index in [4.69, 9.17) is 4.74 Å². The molecule has 4 heteroatoms. The quantitative estimate of drug-likeness (QED) is 0.711. The molecule has 3 nitrogen and oxygen atoms in total. The minimum absolute atomic E-state index is 0.174. The van der Waals surface area contributed by atoms with Gasteiger partial charge in [-0.2, -0.15) is 0 Å². The number of amides is 1. The summed E-state index contributed by atoms with van der Waals surface area (Å²) in [4.78, 5) is 11.9. The fourth-order valence-electron chi connectivity index (χ4n) is 1.37. The highest BCUT2D eigenvalue weighted by molar-refractivity contribution is 6.13. The standard InChI is InChI=1S/C12H27NO2Si/c1-8(2)12(7,9(3)4)15-11(14)13(16)10(5)6/h8-10H,1-7,16H3. The van der Waals surface area contributed by atoms with Gasteiger partial charge in [-0.15, -0.1) is 0 Å². The number of carbonyl (C=O) groups excluding carboxylic acids is 1. The number of hydrogen-bond acceptors (Lipinski definition) is 2. The largest absolute Gasteiger partial charge is 0.443 e. The third kappa shape index (κ3) is 3.51. The topological polar surface area (TPSA) is 29.5 Å². The van der Waals surface area contributed by atoms with Crippen LogP contribution in [0.4, 0.5) is 4.79 Å². The molecule has 0 aliphatic heterocycles. The highest BCUT2D eigenvalue weighted by Crippen LogP contribution is 2.30. The number of ether oxygens (including phenoxy) is 1. The van der Waals surface area contributed by atoms with Gasteiger partial charge in [-0.1, -0.05) is 27.7 Å². The van der Waals surface area contributed by atoms with Crippen molar-refractivity contribution >= 4 is 16.5 Å². The summed E-state index contributed by atoms with van der Waals surface area (Å²) in [5.74, 6) is 0.636. The van der Waals surface area contributed by atoms with E-state index in [2.05, 4.69) is 27.7 Å². The van der Waals surface area contributed by atoms with Crippen molar-refractivity contribution in [1.82, 2.24) is 4.57 Å². The van der Waals surface area contributed by atoms with Crippen LogP contribution in [-0.2, 0) is 4.74 Å². The Morgan fingerprint density at radius 3 is 1.75 bits per heavy atom. The predicted molar refractivity (Wildman–Crippen MR) is 71.5 cm³/mol. The molecule has 0 aromatic carbocycles. The fourth-order valence-corrected chi connectivity index (χ4v) is 1.46. The average Bonchev–Trinajstić information content (AvgIpc) is 2.15. The average molecular weight is 245 g/mol. The van der Waals surface area contributed by atoms with Crippen LogP contribution in [0.2, 0.25) is 0 Å². The molecule has 0 aromatic heterocycles. The highest BCUT2D eigenvalue weighted by Gasteiger charge is 2.37. The van der Waals surface area contributed by atoms with Gasteiger partial charge in [0.15, 0.2) is 0 Å². The van der Waals surface area contributed by atoms with Gasteiger partial charge < -0.3 is 9.30 Å². The first-order valence-corrected chi connectivity index (χ1v) is 6.98. The zero-order valence-corrected chi connectivity index (χ0v) is 14.0. The van der Waals surface area contributed by atoms with Crippen LogP contribution in [0.3, 0.4) is 0 Å². The van der Waals surface area contributed by atoms with E-state index in [9.17, 15) is 4.79 Å². The predicted octanol–water partition coefficient (Wildman–Crippen LogP) is 2.18. The first-order chi connectivity index (χ1) is 7.12. The van der Waals surface area contributed by atoms with Crippen molar-refractivity contribution in [3.63, 3.8) is 0 Å². The molecule has 0 N–H and O–H groups in total. The second-order valence-electron chi connectivity index (χ2n) is 5.57. The van der Waals surface area contributed by atoms with Gasteiger partial charge in [0.2, 0.25) is 0 Å². The number of nitrogens with zero attached hydrogens (tertiary/aromatic N) is 1. The molecule has 0 fully saturated rings. The van der Waals surface area contributed by atoms with E-state index in [0.717, 1.165) is 0 Å². The summed E-state index contributed by atoms with van der Waals surface area (Å²) in [5, 5.41) is 0. The molecule has 0 atom stereocenters.